The fourth-order valence-electron chi connectivity index (χ4n) is 2.99. The summed E-state index contributed by atoms with van der Waals surface area (Å²) in [6, 6.07) is 11.1. The van der Waals surface area contributed by atoms with Crippen LogP contribution in [-0.2, 0) is 9.53 Å². The van der Waals surface area contributed by atoms with Crippen molar-refractivity contribution in [1.29, 1.82) is 0 Å². The minimum absolute atomic E-state index is 0.0675. The molecular formula is C21H22N4O4S. The third-order valence-electron chi connectivity index (χ3n) is 4.78. The highest BCUT2D eigenvalue weighted by molar-refractivity contribution is 7.99. The van der Waals surface area contributed by atoms with E-state index in [0.29, 0.717) is 5.69 Å². The second-order valence-electron chi connectivity index (χ2n) is 6.75. The highest BCUT2D eigenvalue weighted by atomic mass is 32.2. The van der Waals surface area contributed by atoms with Crippen LogP contribution in [-0.4, -0.2) is 51.6 Å². The summed E-state index contributed by atoms with van der Waals surface area (Å²) in [5, 5.41) is 0.327. The number of thioether (sulfide) groups is 1. The molecule has 1 amide bonds. The van der Waals surface area contributed by atoms with E-state index >= 15 is 0 Å². The van der Waals surface area contributed by atoms with Gasteiger partial charge >= 0.3 is 5.97 Å². The lowest BCUT2D eigenvalue weighted by Gasteiger charge is -2.25. The van der Waals surface area contributed by atoms with Crippen LogP contribution in [0.25, 0.3) is 11.0 Å². The molecule has 0 aliphatic heterocycles. The Morgan fingerprint density at radius 3 is 2.60 bits per heavy atom. The van der Waals surface area contributed by atoms with E-state index in [2.05, 4.69) is 15.0 Å². The Balaban J connectivity index is 1.80. The molecule has 2 aromatic heterocycles. The van der Waals surface area contributed by atoms with Crippen LogP contribution in [0.3, 0.4) is 0 Å². The van der Waals surface area contributed by atoms with Crippen molar-refractivity contribution in [3.05, 3.63) is 63.6 Å². The van der Waals surface area contributed by atoms with Crippen LogP contribution in [0.5, 0.6) is 0 Å². The van der Waals surface area contributed by atoms with Gasteiger partial charge in [0.2, 0.25) is 5.91 Å². The number of amides is 1. The number of fused-ring (bicyclic) bond motifs is 1. The van der Waals surface area contributed by atoms with E-state index in [1.807, 2.05) is 37.3 Å². The Kier molecular flexibility index (Phi) is 6.51. The molecule has 3 rings (SSSR count). The normalized spacial score (nSPS) is 11.9. The lowest BCUT2D eigenvalue weighted by Crippen LogP contribution is -2.31. The number of nitrogens with one attached hydrogen (secondary N) is 1. The number of aryl methyl sites for hydroxylation is 1. The standard InChI is InChI=1S/C21H22N4O4S/c1-12-10-15(20(28)29-4)17-18(22-12)23-21(24-19(17)27)30-11-16(26)25(3)13(2)14-8-6-5-7-9-14/h5-10,13H,11H2,1-4H3,(H,22,23,24,27). The van der Waals surface area contributed by atoms with Crippen molar-refractivity contribution in [3.63, 3.8) is 0 Å². The Morgan fingerprint density at radius 1 is 1.23 bits per heavy atom. The molecule has 1 aromatic carbocycles. The van der Waals surface area contributed by atoms with E-state index in [1.165, 1.54) is 13.2 Å². The summed E-state index contributed by atoms with van der Waals surface area (Å²) in [7, 11) is 2.99. The van der Waals surface area contributed by atoms with E-state index in [1.54, 1.807) is 18.9 Å². The summed E-state index contributed by atoms with van der Waals surface area (Å²) in [5.74, 6) is -0.644. The number of ether oxygens (including phenoxy) is 1. The molecule has 0 saturated carbocycles. The summed E-state index contributed by atoms with van der Waals surface area (Å²) in [5.41, 5.74) is 1.31. The van der Waals surface area contributed by atoms with Gasteiger partial charge < -0.3 is 14.6 Å². The van der Waals surface area contributed by atoms with Gasteiger partial charge in [0.25, 0.3) is 5.56 Å². The summed E-state index contributed by atoms with van der Waals surface area (Å²) >= 11 is 1.11. The molecule has 0 aliphatic carbocycles. The van der Waals surface area contributed by atoms with E-state index < -0.39 is 11.5 Å². The number of benzene rings is 1. The molecule has 0 fully saturated rings. The van der Waals surface area contributed by atoms with Crippen LogP contribution < -0.4 is 5.56 Å². The summed E-state index contributed by atoms with van der Waals surface area (Å²) in [4.78, 5) is 50.1. The number of esters is 1. The summed E-state index contributed by atoms with van der Waals surface area (Å²) in [6.07, 6.45) is 0. The van der Waals surface area contributed by atoms with Crippen molar-refractivity contribution in [2.45, 2.75) is 25.0 Å². The van der Waals surface area contributed by atoms with Crippen molar-refractivity contribution in [2.75, 3.05) is 19.9 Å². The van der Waals surface area contributed by atoms with Crippen molar-refractivity contribution in [3.8, 4) is 0 Å². The van der Waals surface area contributed by atoms with Crippen LogP contribution in [0.15, 0.2) is 46.3 Å². The first kappa shape index (κ1) is 21.5. The fraction of sp³-hybridized carbons (Fsp3) is 0.286. The van der Waals surface area contributed by atoms with Crippen LogP contribution in [0.2, 0.25) is 0 Å². The second kappa shape index (κ2) is 9.08. The van der Waals surface area contributed by atoms with Crippen LogP contribution >= 0.6 is 11.8 Å². The number of hydrogen-bond acceptors (Lipinski definition) is 7. The largest absolute Gasteiger partial charge is 0.465 e. The SMILES string of the molecule is COC(=O)c1cc(C)nc2nc(SCC(=O)N(C)C(C)c3ccccc3)[nH]c(=O)c12. The maximum absolute atomic E-state index is 12.6. The molecule has 1 N–H and O–H groups in total. The molecule has 1 atom stereocenters. The van der Waals surface area contributed by atoms with Crippen molar-refractivity contribution >= 4 is 34.7 Å². The quantitative estimate of drug-likeness (QED) is 0.367. The maximum atomic E-state index is 12.6. The van der Waals surface area contributed by atoms with Gasteiger partial charge in [-0.2, -0.15) is 0 Å². The molecule has 9 heteroatoms. The Hall–Kier alpha value is -3.20. The predicted octanol–water partition coefficient (Wildman–Crippen LogP) is 2.72. The van der Waals surface area contributed by atoms with Crippen LogP contribution in [0, 0.1) is 6.92 Å². The third-order valence-corrected chi connectivity index (χ3v) is 5.64. The van der Waals surface area contributed by atoms with Gasteiger partial charge in [0, 0.05) is 12.7 Å². The number of methoxy groups -OCH3 is 1. The molecule has 30 heavy (non-hydrogen) atoms. The number of aromatic nitrogens is 3. The first-order chi connectivity index (χ1) is 14.3. The average molecular weight is 426 g/mol. The molecule has 156 valence electrons. The monoisotopic (exact) mass is 426 g/mol. The molecular weight excluding hydrogens is 404 g/mol. The van der Waals surface area contributed by atoms with Gasteiger partial charge in [-0.15, -0.1) is 0 Å². The Morgan fingerprint density at radius 2 is 1.93 bits per heavy atom. The Bertz CT molecular complexity index is 1150. The van der Waals surface area contributed by atoms with Gasteiger partial charge in [0.15, 0.2) is 10.8 Å². The van der Waals surface area contributed by atoms with E-state index in [-0.39, 0.29) is 39.5 Å². The van der Waals surface area contributed by atoms with Crippen LogP contribution in [0.1, 0.15) is 34.6 Å². The van der Waals surface area contributed by atoms with Gasteiger partial charge in [0.05, 0.1) is 29.9 Å². The lowest BCUT2D eigenvalue weighted by atomic mass is 10.1. The minimum atomic E-state index is -0.634. The highest BCUT2D eigenvalue weighted by Crippen LogP contribution is 2.22. The predicted molar refractivity (Wildman–Crippen MR) is 115 cm³/mol. The smallest absolute Gasteiger partial charge is 0.338 e. The number of pyridine rings is 1. The van der Waals surface area contributed by atoms with Gasteiger partial charge in [0.1, 0.15) is 0 Å². The molecule has 1 unspecified atom stereocenters. The first-order valence-electron chi connectivity index (χ1n) is 9.25. The zero-order valence-corrected chi connectivity index (χ0v) is 17.9. The molecule has 2 heterocycles. The van der Waals surface area contributed by atoms with Crippen molar-refractivity contribution in [2.24, 2.45) is 0 Å². The van der Waals surface area contributed by atoms with Crippen molar-refractivity contribution in [1.82, 2.24) is 19.9 Å². The van der Waals surface area contributed by atoms with Gasteiger partial charge in [-0.05, 0) is 25.5 Å². The number of aromatic amines is 1. The first-order valence-corrected chi connectivity index (χ1v) is 10.2. The molecule has 0 radical (unpaired) electrons. The van der Waals surface area contributed by atoms with E-state index in [9.17, 15) is 14.4 Å². The fourth-order valence-corrected chi connectivity index (χ4v) is 3.77. The molecule has 3 aromatic rings. The lowest BCUT2D eigenvalue weighted by molar-refractivity contribution is -0.128. The number of nitrogens with zero attached hydrogens (tertiary/aromatic N) is 3. The number of rotatable bonds is 6. The topological polar surface area (TPSA) is 105 Å². The molecule has 0 aliphatic rings. The molecule has 0 saturated heterocycles. The van der Waals surface area contributed by atoms with Crippen molar-refractivity contribution < 1.29 is 14.3 Å². The summed E-state index contributed by atoms with van der Waals surface area (Å²) < 4.78 is 4.75. The highest BCUT2D eigenvalue weighted by Gasteiger charge is 2.20. The molecule has 0 bridgehead atoms. The van der Waals surface area contributed by atoms with Gasteiger partial charge in [-0.25, -0.2) is 14.8 Å². The second-order valence-corrected chi connectivity index (χ2v) is 7.72. The summed E-state index contributed by atoms with van der Waals surface area (Å²) in [6.45, 7) is 3.65. The minimum Gasteiger partial charge on any atom is -0.465 e. The zero-order chi connectivity index (χ0) is 21.8. The Labute approximate surface area is 177 Å². The van der Waals surface area contributed by atoms with E-state index in [4.69, 9.17) is 4.74 Å². The number of hydrogen-bond donors (Lipinski definition) is 1. The van der Waals surface area contributed by atoms with Crippen LogP contribution in [0.4, 0.5) is 0 Å². The third kappa shape index (κ3) is 4.51. The van der Waals surface area contributed by atoms with E-state index in [0.717, 1.165) is 17.3 Å². The molecule has 0 spiro atoms. The average Bonchev–Trinajstić information content (AvgIpc) is 2.75. The zero-order valence-electron chi connectivity index (χ0n) is 17.1. The number of carbonyl (C=O) groups is 2. The van der Waals surface area contributed by atoms with Gasteiger partial charge in [-0.3, -0.25) is 9.59 Å². The molecule has 8 nitrogen and oxygen atoms in total. The number of H-pyrrole nitrogens is 1. The number of carbonyl (C=O) groups excluding carboxylic acids is 2. The van der Waals surface area contributed by atoms with Gasteiger partial charge in [-0.1, -0.05) is 42.1 Å². The maximum Gasteiger partial charge on any atom is 0.338 e.